The van der Waals surface area contributed by atoms with Crippen molar-refractivity contribution < 1.29 is 14.4 Å². The van der Waals surface area contributed by atoms with E-state index in [4.69, 9.17) is 11.5 Å². The lowest BCUT2D eigenvalue weighted by Crippen LogP contribution is -2.56. The van der Waals surface area contributed by atoms with E-state index < -0.39 is 18.0 Å². The fourth-order valence-electron chi connectivity index (χ4n) is 4.72. The number of primary amides is 1. The SMILES string of the molecule is N#C[C@@H]1CCCN1C(=O)[C@@H](N)CN1CC2C[C@H]1C(=O)N2c1cccc(C(N)=O)c1. The molecule has 0 spiro atoms. The molecule has 1 aromatic carbocycles. The molecule has 152 valence electrons. The molecule has 3 aliphatic heterocycles. The number of rotatable bonds is 5. The van der Waals surface area contributed by atoms with Crippen LogP contribution in [0.3, 0.4) is 0 Å². The van der Waals surface area contributed by atoms with Crippen molar-refractivity contribution in [2.45, 2.75) is 43.4 Å². The molecular formula is C20H24N6O3. The number of carbonyl (C=O) groups excluding carboxylic acids is 3. The number of nitrogens with zero attached hydrogens (tertiary/aromatic N) is 4. The summed E-state index contributed by atoms with van der Waals surface area (Å²) in [5, 5.41) is 9.19. The summed E-state index contributed by atoms with van der Waals surface area (Å²) in [7, 11) is 0. The van der Waals surface area contributed by atoms with E-state index >= 15 is 0 Å². The predicted molar refractivity (Wildman–Crippen MR) is 105 cm³/mol. The highest BCUT2D eigenvalue weighted by molar-refractivity contribution is 6.02. The maximum absolute atomic E-state index is 13.0. The zero-order chi connectivity index (χ0) is 20.7. The van der Waals surface area contributed by atoms with E-state index in [0.717, 1.165) is 6.42 Å². The van der Waals surface area contributed by atoms with Crippen LogP contribution in [0.5, 0.6) is 0 Å². The number of likely N-dealkylation sites (tertiary alicyclic amines) is 2. The van der Waals surface area contributed by atoms with Gasteiger partial charge in [0.2, 0.25) is 17.7 Å². The van der Waals surface area contributed by atoms with Crippen LogP contribution < -0.4 is 16.4 Å². The smallest absolute Gasteiger partial charge is 0.248 e. The number of fused-ring (bicyclic) bond motifs is 2. The number of nitrogens with two attached hydrogens (primary N) is 2. The normalized spacial score (nSPS) is 27.3. The average molecular weight is 396 g/mol. The van der Waals surface area contributed by atoms with E-state index in [1.165, 1.54) is 0 Å². The molecule has 4 rings (SSSR count). The molecule has 0 radical (unpaired) electrons. The Bertz CT molecular complexity index is 896. The van der Waals surface area contributed by atoms with E-state index in [2.05, 4.69) is 6.07 Å². The summed E-state index contributed by atoms with van der Waals surface area (Å²) in [4.78, 5) is 42.3. The Kier molecular flexibility index (Phi) is 4.98. The molecule has 3 saturated heterocycles. The van der Waals surface area contributed by atoms with Gasteiger partial charge in [-0.05, 0) is 37.5 Å². The number of carbonyl (C=O) groups is 3. The summed E-state index contributed by atoms with van der Waals surface area (Å²) in [6.45, 7) is 1.45. The van der Waals surface area contributed by atoms with Gasteiger partial charge in [0, 0.05) is 30.9 Å². The van der Waals surface area contributed by atoms with Crippen LogP contribution in [-0.4, -0.2) is 71.3 Å². The van der Waals surface area contributed by atoms with Gasteiger partial charge >= 0.3 is 0 Å². The highest BCUT2D eigenvalue weighted by Crippen LogP contribution is 2.36. The number of amides is 3. The monoisotopic (exact) mass is 396 g/mol. The van der Waals surface area contributed by atoms with Crippen LogP contribution in [0.15, 0.2) is 24.3 Å². The Hall–Kier alpha value is -2.96. The molecule has 3 amide bonds. The van der Waals surface area contributed by atoms with Crippen LogP contribution in [0.2, 0.25) is 0 Å². The standard InChI is InChI=1S/C20H24N6O3/c21-9-14-5-2-6-25(14)19(28)16(22)11-24-10-15-8-17(24)20(29)26(15)13-4-1-3-12(7-13)18(23)27/h1,3-4,7,14-17H,2,5-6,8,10-11,22H2,(H2,23,27)/t14-,15?,16-,17-/m0/s1. The third-order valence-corrected chi connectivity index (χ3v) is 6.11. The molecule has 3 aliphatic rings. The number of hydrogen-bond donors (Lipinski definition) is 2. The summed E-state index contributed by atoms with van der Waals surface area (Å²) in [5.74, 6) is -0.818. The molecule has 9 nitrogen and oxygen atoms in total. The molecule has 29 heavy (non-hydrogen) atoms. The molecule has 3 fully saturated rings. The fraction of sp³-hybridized carbons (Fsp3) is 0.500. The lowest BCUT2D eigenvalue weighted by atomic mass is 10.1. The van der Waals surface area contributed by atoms with Crippen molar-refractivity contribution in [3.8, 4) is 6.07 Å². The van der Waals surface area contributed by atoms with Crippen molar-refractivity contribution >= 4 is 23.4 Å². The number of anilines is 1. The first kappa shape index (κ1) is 19.4. The maximum Gasteiger partial charge on any atom is 0.248 e. The first-order valence-corrected chi connectivity index (χ1v) is 9.83. The zero-order valence-corrected chi connectivity index (χ0v) is 16.0. The van der Waals surface area contributed by atoms with Crippen molar-refractivity contribution in [1.29, 1.82) is 5.26 Å². The third kappa shape index (κ3) is 3.34. The first-order chi connectivity index (χ1) is 13.9. The molecular weight excluding hydrogens is 372 g/mol. The Balaban J connectivity index is 1.42. The van der Waals surface area contributed by atoms with E-state index in [0.29, 0.717) is 37.2 Å². The number of piperazine rings is 1. The maximum atomic E-state index is 13.0. The Morgan fingerprint density at radius 3 is 2.83 bits per heavy atom. The van der Waals surface area contributed by atoms with Gasteiger partial charge in [0.1, 0.15) is 6.04 Å². The second kappa shape index (κ2) is 7.46. The Morgan fingerprint density at radius 1 is 1.34 bits per heavy atom. The van der Waals surface area contributed by atoms with Crippen LogP contribution in [0.4, 0.5) is 5.69 Å². The van der Waals surface area contributed by atoms with Crippen LogP contribution in [0, 0.1) is 11.3 Å². The molecule has 0 aliphatic carbocycles. The van der Waals surface area contributed by atoms with Gasteiger partial charge in [-0.15, -0.1) is 0 Å². The van der Waals surface area contributed by atoms with Gasteiger partial charge in [-0.3, -0.25) is 19.3 Å². The molecule has 4 atom stereocenters. The van der Waals surface area contributed by atoms with Crippen LogP contribution in [-0.2, 0) is 9.59 Å². The molecule has 9 heteroatoms. The second-order valence-corrected chi connectivity index (χ2v) is 7.91. The van der Waals surface area contributed by atoms with Crippen molar-refractivity contribution in [1.82, 2.24) is 9.80 Å². The number of benzene rings is 1. The molecule has 3 heterocycles. The van der Waals surface area contributed by atoms with Gasteiger partial charge in [-0.2, -0.15) is 5.26 Å². The lowest BCUT2D eigenvalue weighted by Gasteiger charge is -2.35. The summed E-state index contributed by atoms with van der Waals surface area (Å²) in [6, 6.07) is 7.38. The van der Waals surface area contributed by atoms with Gasteiger partial charge in [0.05, 0.1) is 24.2 Å². The van der Waals surface area contributed by atoms with E-state index in [1.807, 2.05) is 4.90 Å². The van der Waals surface area contributed by atoms with Gasteiger partial charge < -0.3 is 21.3 Å². The van der Waals surface area contributed by atoms with E-state index in [-0.39, 0.29) is 30.4 Å². The first-order valence-electron chi connectivity index (χ1n) is 9.83. The minimum atomic E-state index is -0.761. The molecule has 1 unspecified atom stereocenters. The summed E-state index contributed by atoms with van der Waals surface area (Å²) in [6.07, 6.45) is 2.15. The summed E-state index contributed by atoms with van der Waals surface area (Å²) >= 11 is 0. The Morgan fingerprint density at radius 2 is 2.14 bits per heavy atom. The average Bonchev–Trinajstić information content (AvgIpc) is 3.41. The second-order valence-electron chi connectivity index (χ2n) is 7.91. The van der Waals surface area contributed by atoms with Gasteiger partial charge in [-0.25, -0.2) is 0 Å². The van der Waals surface area contributed by atoms with Crippen molar-refractivity contribution in [2.75, 3.05) is 24.5 Å². The Labute approximate surface area is 168 Å². The number of hydrogen-bond acceptors (Lipinski definition) is 6. The van der Waals surface area contributed by atoms with Crippen LogP contribution in [0.25, 0.3) is 0 Å². The van der Waals surface area contributed by atoms with E-state index in [1.54, 1.807) is 34.1 Å². The highest BCUT2D eigenvalue weighted by Gasteiger charge is 2.50. The van der Waals surface area contributed by atoms with Crippen molar-refractivity contribution in [3.63, 3.8) is 0 Å². The minimum Gasteiger partial charge on any atom is -0.366 e. The predicted octanol–water partition coefficient (Wildman–Crippen LogP) is -0.583. The molecule has 0 saturated carbocycles. The lowest BCUT2D eigenvalue weighted by molar-refractivity contribution is -0.134. The number of nitriles is 1. The quantitative estimate of drug-likeness (QED) is 0.683. The van der Waals surface area contributed by atoms with Crippen LogP contribution >= 0.6 is 0 Å². The van der Waals surface area contributed by atoms with Gasteiger partial charge in [0.25, 0.3) is 0 Å². The van der Waals surface area contributed by atoms with Crippen molar-refractivity contribution in [2.24, 2.45) is 11.5 Å². The molecule has 2 bridgehead atoms. The van der Waals surface area contributed by atoms with Crippen LogP contribution in [0.1, 0.15) is 29.6 Å². The molecule has 1 aromatic rings. The minimum absolute atomic E-state index is 0.0310. The van der Waals surface area contributed by atoms with Gasteiger partial charge in [0.15, 0.2) is 0 Å². The zero-order valence-electron chi connectivity index (χ0n) is 16.0. The van der Waals surface area contributed by atoms with Crippen molar-refractivity contribution in [3.05, 3.63) is 29.8 Å². The summed E-state index contributed by atoms with van der Waals surface area (Å²) < 4.78 is 0. The van der Waals surface area contributed by atoms with Gasteiger partial charge in [-0.1, -0.05) is 6.07 Å². The molecule has 4 N–H and O–H groups in total. The third-order valence-electron chi connectivity index (χ3n) is 6.11. The largest absolute Gasteiger partial charge is 0.366 e. The topological polar surface area (TPSA) is 137 Å². The molecule has 0 aromatic heterocycles. The summed E-state index contributed by atoms with van der Waals surface area (Å²) in [5.41, 5.74) is 12.5. The van der Waals surface area contributed by atoms with E-state index in [9.17, 15) is 19.6 Å². The highest BCUT2D eigenvalue weighted by atomic mass is 16.2. The fourth-order valence-corrected chi connectivity index (χ4v) is 4.72.